The lowest BCUT2D eigenvalue weighted by Gasteiger charge is -2.10. The van der Waals surface area contributed by atoms with Gasteiger partial charge < -0.3 is 4.74 Å². The van der Waals surface area contributed by atoms with Crippen molar-refractivity contribution in [2.75, 3.05) is 6.61 Å². The van der Waals surface area contributed by atoms with Crippen LogP contribution in [-0.4, -0.2) is 27.1 Å². The lowest BCUT2D eigenvalue weighted by molar-refractivity contribution is -0.384. The molecule has 1 heterocycles. The fraction of sp³-hybridized carbons (Fsp3) is 0.111. The van der Waals surface area contributed by atoms with Crippen LogP contribution in [0.1, 0.15) is 17.4 Å². The molecule has 0 bridgehead atoms. The Hall–Kier alpha value is -3.68. The number of nitrogens with one attached hydrogen (secondary N) is 1. The van der Waals surface area contributed by atoms with E-state index in [-0.39, 0.29) is 29.4 Å². The first kappa shape index (κ1) is 17.2. The molecule has 8 nitrogen and oxygen atoms in total. The fourth-order valence-electron chi connectivity index (χ4n) is 2.69. The van der Waals surface area contributed by atoms with Crippen molar-refractivity contribution < 1.29 is 14.5 Å². The highest BCUT2D eigenvalue weighted by Gasteiger charge is 2.26. The summed E-state index contributed by atoms with van der Waals surface area (Å²) in [6.45, 7) is 1.78. The Labute approximate surface area is 147 Å². The number of aromatic nitrogens is 2. The Bertz CT molecular complexity index is 1020. The highest BCUT2D eigenvalue weighted by atomic mass is 16.6. The zero-order valence-corrected chi connectivity index (χ0v) is 13.8. The molecule has 0 aliphatic carbocycles. The number of H-pyrrole nitrogens is 1. The molecule has 132 valence electrons. The predicted molar refractivity (Wildman–Crippen MR) is 94.4 cm³/mol. The number of rotatable bonds is 5. The number of hydrogen-bond donors (Lipinski definition) is 1. The van der Waals surface area contributed by atoms with E-state index in [0.29, 0.717) is 5.56 Å². The van der Waals surface area contributed by atoms with Gasteiger partial charge in [0.2, 0.25) is 0 Å². The van der Waals surface area contributed by atoms with Gasteiger partial charge in [0, 0.05) is 11.6 Å². The third-order valence-electron chi connectivity index (χ3n) is 3.74. The molecule has 1 aromatic heterocycles. The Morgan fingerprint density at radius 1 is 1.15 bits per heavy atom. The molecular formula is C18H15N3O5. The molecule has 0 amide bonds. The number of carbonyl (C=O) groups excluding carboxylic acids is 1. The molecule has 2 aromatic carbocycles. The Morgan fingerprint density at radius 2 is 1.81 bits per heavy atom. The van der Waals surface area contributed by atoms with Gasteiger partial charge in [0.1, 0.15) is 5.69 Å². The molecule has 0 aliphatic rings. The van der Waals surface area contributed by atoms with Crippen molar-refractivity contribution in [3.05, 3.63) is 80.9 Å². The number of para-hydroxylation sites is 2. The summed E-state index contributed by atoms with van der Waals surface area (Å²) in [5, 5.41) is 11.4. The Morgan fingerprint density at radius 3 is 2.46 bits per heavy atom. The van der Waals surface area contributed by atoms with Gasteiger partial charge in [-0.25, -0.2) is 9.59 Å². The second-order valence-corrected chi connectivity index (χ2v) is 5.32. The van der Waals surface area contributed by atoms with Gasteiger partial charge in [-0.15, -0.1) is 0 Å². The average Bonchev–Trinajstić information content (AvgIpc) is 3.00. The van der Waals surface area contributed by atoms with Crippen LogP contribution in [0.4, 0.5) is 5.69 Å². The van der Waals surface area contributed by atoms with Crippen molar-refractivity contribution in [3.63, 3.8) is 0 Å². The van der Waals surface area contributed by atoms with Crippen LogP contribution in [-0.2, 0) is 4.74 Å². The van der Waals surface area contributed by atoms with Crippen molar-refractivity contribution in [2.45, 2.75) is 6.92 Å². The molecule has 0 radical (unpaired) electrons. The van der Waals surface area contributed by atoms with E-state index in [1.54, 1.807) is 43.3 Å². The van der Waals surface area contributed by atoms with Gasteiger partial charge in [-0.2, -0.15) is 0 Å². The lowest BCUT2D eigenvalue weighted by atomic mass is 10.1. The number of benzene rings is 2. The molecule has 0 saturated carbocycles. The van der Waals surface area contributed by atoms with Gasteiger partial charge in [0.05, 0.1) is 17.2 Å². The van der Waals surface area contributed by atoms with Crippen molar-refractivity contribution in [3.8, 4) is 16.9 Å². The molecule has 0 fully saturated rings. The van der Waals surface area contributed by atoms with Crippen molar-refractivity contribution >= 4 is 11.7 Å². The van der Waals surface area contributed by atoms with E-state index in [4.69, 9.17) is 4.74 Å². The maximum absolute atomic E-state index is 12.6. The normalized spacial score (nSPS) is 10.5. The van der Waals surface area contributed by atoms with Crippen molar-refractivity contribution in [1.82, 2.24) is 9.55 Å². The smallest absolute Gasteiger partial charge is 0.357 e. The van der Waals surface area contributed by atoms with Crippen LogP contribution in [0.25, 0.3) is 16.9 Å². The number of hydrogen-bond acceptors (Lipinski definition) is 5. The highest BCUT2D eigenvalue weighted by Crippen LogP contribution is 2.29. The summed E-state index contributed by atoms with van der Waals surface area (Å²) in [6, 6.07) is 14.5. The Balaban J connectivity index is 2.35. The van der Waals surface area contributed by atoms with E-state index in [1.165, 1.54) is 18.2 Å². The van der Waals surface area contributed by atoms with Gasteiger partial charge in [-0.05, 0) is 13.0 Å². The summed E-state index contributed by atoms with van der Waals surface area (Å²) in [4.78, 5) is 38.2. The molecular weight excluding hydrogens is 338 g/mol. The fourth-order valence-corrected chi connectivity index (χ4v) is 2.69. The van der Waals surface area contributed by atoms with Crippen LogP contribution >= 0.6 is 0 Å². The lowest BCUT2D eigenvalue weighted by Crippen LogP contribution is -2.17. The van der Waals surface area contributed by atoms with Crippen LogP contribution in [0.15, 0.2) is 59.4 Å². The van der Waals surface area contributed by atoms with Gasteiger partial charge >= 0.3 is 11.7 Å². The standard InChI is InChI=1S/C18H15N3O5/c1-2-26-17(22)15-16(12-8-4-3-5-9-12)20(18(23)19-15)13-10-6-7-11-14(13)21(24)25/h3-11H,2H2,1H3,(H,19,23). The van der Waals surface area contributed by atoms with E-state index in [0.717, 1.165) is 4.57 Å². The minimum atomic E-state index is -0.708. The van der Waals surface area contributed by atoms with E-state index >= 15 is 0 Å². The zero-order chi connectivity index (χ0) is 18.7. The number of ether oxygens (including phenoxy) is 1. The summed E-state index contributed by atoms with van der Waals surface area (Å²) in [5.41, 5.74) is -0.146. The zero-order valence-electron chi connectivity index (χ0n) is 13.8. The number of imidazole rings is 1. The van der Waals surface area contributed by atoms with Crippen LogP contribution in [0.5, 0.6) is 0 Å². The van der Waals surface area contributed by atoms with E-state index in [2.05, 4.69) is 4.98 Å². The summed E-state index contributed by atoms with van der Waals surface area (Å²) >= 11 is 0. The number of esters is 1. The first-order valence-electron chi connectivity index (χ1n) is 7.86. The topological polar surface area (TPSA) is 107 Å². The molecule has 1 N–H and O–H groups in total. The van der Waals surface area contributed by atoms with Gasteiger partial charge in [0.25, 0.3) is 5.69 Å². The highest BCUT2D eigenvalue weighted by molar-refractivity contribution is 5.95. The van der Waals surface area contributed by atoms with E-state index < -0.39 is 16.6 Å². The third kappa shape index (κ3) is 3.00. The summed E-state index contributed by atoms with van der Waals surface area (Å²) in [6.07, 6.45) is 0. The second kappa shape index (κ2) is 7.06. The van der Waals surface area contributed by atoms with Crippen LogP contribution in [0, 0.1) is 10.1 Å². The van der Waals surface area contributed by atoms with E-state index in [9.17, 15) is 19.7 Å². The molecule has 3 aromatic rings. The predicted octanol–water partition coefficient (Wildman–Crippen LogP) is 2.92. The summed E-state index contributed by atoms with van der Waals surface area (Å²) in [5.74, 6) is -0.708. The monoisotopic (exact) mass is 353 g/mol. The summed E-state index contributed by atoms with van der Waals surface area (Å²) < 4.78 is 6.14. The minimum absolute atomic E-state index is 0.0544. The molecule has 8 heteroatoms. The first-order chi connectivity index (χ1) is 12.5. The number of nitro benzene ring substituents is 1. The molecule has 0 unspecified atom stereocenters. The molecule has 0 aliphatic heterocycles. The van der Waals surface area contributed by atoms with Crippen molar-refractivity contribution in [2.24, 2.45) is 0 Å². The minimum Gasteiger partial charge on any atom is -0.461 e. The van der Waals surface area contributed by atoms with E-state index in [1.807, 2.05) is 0 Å². The molecule has 0 atom stereocenters. The van der Waals surface area contributed by atoms with Gasteiger partial charge in [-0.3, -0.25) is 19.7 Å². The first-order valence-corrected chi connectivity index (χ1v) is 7.86. The molecule has 0 saturated heterocycles. The average molecular weight is 353 g/mol. The second-order valence-electron chi connectivity index (χ2n) is 5.32. The molecule has 3 rings (SSSR count). The largest absolute Gasteiger partial charge is 0.461 e. The quantitative estimate of drug-likeness (QED) is 0.431. The van der Waals surface area contributed by atoms with Gasteiger partial charge in [-0.1, -0.05) is 42.5 Å². The number of nitrogens with zero attached hydrogens (tertiary/aromatic N) is 2. The Kier molecular flexibility index (Phi) is 4.66. The van der Waals surface area contributed by atoms with Crippen LogP contribution in [0.2, 0.25) is 0 Å². The van der Waals surface area contributed by atoms with Crippen molar-refractivity contribution in [1.29, 1.82) is 0 Å². The number of aromatic amines is 1. The maximum atomic E-state index is 12.6. The van der Waals surface area contributed by atoms with Crippen LogP contribution < -0.4 is 5.69 Å². The summed E-state index contributed by atoms with van der Waals surface area (Å²) in [7, 11) is 0. The molecule has 26 heavy (non-hydrogen) atoms. The number of nitro groups is 1. The molecule has 0 spiro atoms. The third-order valence-corrected chi connectivity index (χ3v) is 3.74. The number of carbonyl (C=O) groups is 1. The van der Waals surface area contributed by atoms with Crippen LogP contribution in [0.3, 0.4) is 0 Å². The van der Waals surface area contributed by atoms with Gasteiger partial charge in [0.15, 0.2) is 5.69 Å². The SMILES string of the molecule is CCOC(=O)c1[nH]c(=O)n(-c2ccccc2[N+](=O)[O-])c1-c1ccccc1. The maximum Gasteiger partial charge on any atom is 0.357 e.